The molecule has 2 N–H and O–H groups in total. The maximum absolute atomic E-state index is 13.8. The predicted octanol–water partition coefficient (Wildman–Crippen LogP) is 2.48. The minimum atomic E-state index is -3.77. The van der Waals surface area contributed by atoms with E-state index in [-0.39, 0.29) is 17.1 Å². The van der Waals surface area contributed by atoms with Crippen molar-refractivity contribution in [3.63, 3.8) is 0 Å². The molecule has 0 unspecified atom stereocenters. The average Bonchev–Trinajstić information content (AvgIpc) is 2.76. The molecule has 9 heteroatoms. The van der Waals surface area contributed by atoms with Crippen molar-refractivity contribution < 1.29 is 31.9 Å². The summed E-state index contributed by atoms with van der Waals surface area (Å²) in [5, 5.41) is 10.1. The number of furan rings is 1. The molecule has 0 radical (unpaired) electrons. The zero-order valence-corrected chi connectivity index (χ0v) is 13.1. The number of aromatic hydroxyl groups is 1. The quantitative estimate of drug-likeness (QED) is 0.808. The molecule has 0 amide bonds. The van der Waals surface area contributed by atoms with Crippen molar-refractivity contribution in [2.75, 3.05) is 10.5 Å². The first-order valence-corrected chi connectivity index (χ1v) is 8.20. The Kier molecular flexibility index (Phi) is 4.60. The highest BCUT2D eigenvalue weighted by atomic mass is 32.2. The normalized spacial score (nSPS) is 11.3. The third-order valence-corrected chi connectivity index (χ3v) is 4.09. The highest BCUT2D eigenvalue weighted by Gasteiger charge is 2.27. The Bertz CT molecular complexity index is 843. The summed E-state index contributed by atoms with van der Waals surface area (Å²) in [7, 11) is -3.77. The molecule has 0 fully saturated rings. The van der Waals surface area contributed by atoms with Crippen LogP contribution < -0.4 is 9.46 Å². The SMILES string of the molecule is CCS(=O)(=O)Nc1oc(-c2ccccc2F)c(O)c1OC(C)=O. The lowest BCUT2D eigenvalue weighted by Gasteiger charge is -2.04. The Labute approximate surface area is 131 Å². The third-order valence-electron chi connectivity index (χ3n) is 2.83. The van der Waals surface area contributed by atoms with Gasteiger partial charge in [-0.1, -0.05) is 12.1 Å². The summed E-state index contributed by atoms with van der Waals surface area (Å²) < 4.78 is 49.2. The standard InChI is InChI=1S/C14H14FNO6S/c1-3-23(19,20)16-14-13(21-8(2)17)11(18)12(22-14)9-6-4-5-7-10(9)15/h4-7,16,18H,3H2,1-2H3. The van der Waals surface area contributed by atoms with Gasteiger partial charge in [-0.25, -0.2) is 17.5 Å². The smallest absolute Gasteiger partial charge is 0.308 e. The second-order valence-corrected chi connectivity index (χ2v) is 6.53. The van der Waals surface area contributed by atoms with E-state index in [0.717, 1.165) is 13.0 Å². The molecule has 0 aliphatic rings. The van der Waals surface area contributed by atoms with Crippen molar-refractivity contribution >= 4 is 21.9 Å². The number of hydrogen-bond acceptors (Lipinski definition) is 6. The van der Waals surface area contributed by atoms with Crippen LogP contribution >= 0.6 is 0 Å². The van der Waals surface area contributed by atoms with Crippen molar-refractivity contribution in [3.05, 3.63) is 30.1 Å². The first kappa shape index (κ1) is 16.8. The van der Waals surface area contributed by atoms with E-state index >= 15 is 0 Å². The van der Waals surface area contributed by atoms with E-state index in [4.69, 9.17) is 9.15 Å². The maximum Gasteiger partial charge on any atom is 0.308 e. The summed E-state index contributed by atoms with van der Waals surface area (Å²) >= 11 is 0. The van der Waals surface area contributed by atoms with Crippen LogP contribution in [0, 0.1) is 5.82 Å². The van der Waals surface area contributed by atoms with E-state index in [2.05, 4.69) is 0 Å². The largest absolute Gasteiger partial charge is 0.502 e. The lowest BCUT2D eigenvalue weighted by molar-refractivity contribution is -0.131. The molecule has 23 heavy (non-hydrogen) atoms. The van der Waals surface area contributed by atoms with Crippen molar-refractivity contribution in [1.29, 1.82) is 0 Å². The van der Waals surface area contributed by atoms with Crippen LogP contribution in [0.15, 0.2) is 28.7 Å². The number of nitrogens with one attached hydrogen (secondary N) is 1. The number of sulfonamides is 1. The fraction of sp³-hybridized carbons (Fsp3) is 0.214. The lowest BCUT2D eigenvalue weighted by atomic mass is 10.1. The third kappa shape index (κ3) is 3.62. The highest BCUT2D eigenvalue weighted by molar-refractivity contribution is 7.92. The van der Waals surface area contributed by atoms with Crippen LogP contribution in [-0.2, 0) is 14.8 Å². The molecule has 0 spiro atoms. The van der Waals surface area contributed by atoms with Crippen LogP contribution in [0.2, 0.25) is 0 Å². The van der Waals surface area contributed by atoms with Gasteiger partial charge in [0, 0.05) is 6.92 Å². The van der Waals surface area contributed by atoms with Crippen molar-refractivity contribution in [3.8, 4) is 22.8 Å². The van der Waals surface area contributed by atoms with Crippen LogP contribution in [0.4, 0.5) is 10.3 Å². The fourth-order valence-electron chi connectivity index (χ4n) is 1.75. The summed E-state index contributed by atoms with van der Waals surface area (Å²) in [5.41, 5.74) is -0.111. The number of anilines is 1. The minimum absolute atomic E-state index is 0.111. The molecule has 0 aliphatic heterocycles. The van der Waals surface area contributed by atoms with Gasteiger partial charge in [-0.2, -0.15) is 0 Å². The van der Waals surface area contributed by atoms with Gasteiger partial charge in [0.1, 0.15) is 5.82 Å². The minimum Gasteiger partial charge on any atom is -0.502 e. The number of ether oxygens (including phenoxy) is 1. The zero-order valence-electron chi connectivity index (χ0n) is 12.3. The van der Waals surface area contributed by atoms with Gasteiger partial charge in [0.25, 0.3) is 5.88 Å². The van der Waals surface area contributed by atoms with Crippen LogP contribution in [0.1, 0.15) is 13.8 Å². The van der Waals surface area contributed by atoms with Gasteiger partial charge in [-0.3, -0.25) is 4.79 Å². The van der Waals surface area contributed by atoms with Gasteiger partial charge in [-0.05, 0) is 19.1 Å². The topological polar surface area (TPSA) is 106 Å². The molecule has 1 aromatic heterocycles. The van der Waals surface area contributed by atoms with E-state index in [1.165, 1.54) is 25.1 Å². The monoisotopic (exact) mass is 343 g/mol. The average molecular weight is 343 g/mol. The molecule has 2 aromatic rings. The Balaban J connectivity index is 2.60. The molecule has 0 saturated heterocycles. The van der Waals surface area contributed by atoms with E-state index in [1.54, 1.807) is 0 Å². The number of halogens is 1. The van der Waals surface area contributed by atoms with Gasteiger partial charge in [-0.15, -0.1) is 0 Å². The number of hydrogen-bond donors (Lipinski definition) is 2. The Morgan fingerprint density at radius 2 is 2.04 bits per heavy atom. The Morgan fingerprint density at radius 1 is 1.39 bits per heavy atom. The fourth-order valence-corrected chi connectivity index (χ4v) is 2.32. The first-order valence-electron chi connectivity index (χ1n) is 6.54. The molecule has 0 aliphatic carbocycles. The first-order chi connectivity index (χ1) is 10.7. The summed E-state index contributed by atoms with van der Waals surface area (Å²) in [6.45, 7) is 2.45. The van der Waals surface area contributed by atoms with Gasteiger partial charge < -0.3 is 14.3 Å². The van der Waals surface area contributed by atoms with Gasteiger partial charge in [0.15, 0.2) is 5.76 Å². The van der Waals surface area contributed by atoms with Gasteiger partial charge in [0.05, 0.1) is 11.3 Å². The number of carbonyl (C=O) groups excluding carboxylic acids is 1. The summed E-state index contributed by atoms with van der Waals surface area (Å²) in [6, 6.07) is 5.40. The number of esters is 1. The summed E-state index contributed by atoms with van der Waals surface area (Å²) in [5.74, 6) is -3.84. The lowest BCUT2D eigenvalue weighted by Crippen LogP contribution is -2.15. The summed E-state index contributed by atoms with van der Waals surface area (Å²) in [6.07, 6.45) is 0. The summed E-state index contributed by atoms with van der Waals surface area (Å²) in [4.78, 5) is 11.1. The van der Waals surface area contributed by atoms with Crippen molar-refractivity contribution in [2.24, 2.45) is 0 Å². The predicted molar refractivity (Wildman–Crippen MR) is 80.2 cm³/mol. The molecule has 0 saturated carbocycles. The number of benzene rings is 1. The number of carbonyl (C=O) groups is 1. The van der Waals surface area contributed by atoms with E-state index in [0.29, 0.717) is 0 Å². The van der Waals surface area contributed by atoms with E-state index in [1.807, 2.05) is 4.72 Å². The van der Waals surface area contributed by atoms with Gasteiger partial charge >= 0.3 is 5.97 Å². The molecule has 124 valence electrons. The molecule has 1 heterocycles. The second-order valence-electron chi connectivity index (χ2n) is 4.52. The van der Waals surface area contributed by atoms with Crippen molar-refractivity contribution in [1.82, 2.24) is 0 Å². The van der Waals surface area contributed by atoms with E-state index in [9.17, 15) is 22.7 Å². The van der Waals surface area contributed by atoms with Crippen LogP contribution in [0.3, 0.4) is 0 Å². The molecule has 1 aromatic carbocycles. The van der Waals surface area contributed by atoms with Crippen LogP contribution in [-0.4, -0.2) is 25.2 Å². The Morgan fingerprint density at radius 3 is 2.61 bits per heavy atom. The molecule has 2 rings (SSSR count). The van der Waals surface area contributed by atoms with Crippen LogP contribution in [0.5, 0.6) is 11.5 Å². The van der Waals surface area contributed by atoms with Gasteiger partial charge in [0.2, 0.25) is 21.5 Å². The Hall–Kier alpha value is -2.55. The molecule has 0 atom stereocenters. The number of rotatable bonds is 5. The van der Waals surface area contributed by atoms with E-state index < -0.39 is 39.2 Å². The molecular formula is C14H14FNO6S. The molecule has 0 bridgehead atoms. The zero-order chi connectivity index (χ0) is 17.2. The van der Waals surface area contributed by atoms with Crippen LogP contribution in [0.25, 0.3) is 11.3 Å². The maximum atomic E-state index is 13.8. The highest BCUT2D eigenvalue weighted by Crippen LogP contribution is 2.47. The molecule has 7 nitrogen and oxygen atoms in total. The molecular weight excluding hydrogens is 329 g/mol. The second kappa shape index (κ2) is 6.29. The van der Waals surface area contributed by atoms with Crippen molar-refractivity contribution in [2.45, 2.75) is 13.8 Å².